The molecule has 760 valence electrons. The number of hydrogen-bond donors (Lipinski definition) is 0. The summed E-state index contributed by atoms with van der Waals surface area (Å²) in [5, 5.41) is 19.0. The summed E-state index contributed by atoms with van der Waals surface area (Å²) in [6.07, 6.45) is 7.89. The third-order valence-corrected chi connectivity index (χ3v) is 31.2. The van der Waals surface area contributed by atoms with E-state index >= 15 is 0 Å². The Bertz CT molecular complexity index is 6350. The molecule has 0 radical (unpaired) electrons. The minimum Gasteiger partial charge on any atom is -0.663 e. The van der Waals surface area contributed by atoms with Gasteiger partial charge in [0.25, 0.3) is 0 Å². The average molecular weight is 2080 g/mol. The Kier molecular flexibility index (Phi) is 47.5. The van der Waals surface area contributed by atoms with Crippen LogP contribution in [0.15, 0.2) is 483 Å². The summed E-state index contributed by atoms with van der Waals surface area (Å²) in [6.45, 7) is 47.9. The van der Waals surface area contributed by atoms with Crippen molar-refractivity contribution in [2.75, 3.05) is 0 Å². The maximum atomic E-state index is 7.56. The van der Waals surface area contributed by atoms with E-state index in [1.54, 1.807) is 0 Å². The van der Waals surface area contributed by atoms with Crippen LogP contribution in [0.2, 0.25) is 0 Å². The Morgan fingerprint density at radius 1 is 0.250 bits per heavy atom. The molecule has 0 atom stereocenters. The molecule has 0 saturated heterocycles. The molecule has 0 N–H and O–H groups in total. The van der Waals surface area contributed by atoms with Gasteiger partial charge in [0.15, 0.2) is 0 Å². The van der Waals surface area contributed by atoms with Crippen molar-refractivity contribution in [3.05, 3.63) is 595 Å². The molecule has 5 nitrogen and oxygen atoms in total. The SMILES string of the molecule is Cc1cccc(N=C/C(=C\[N-]c2cccc(C)c2C)c2cc(C(C)(C)C)cc3c2Oc2c(/C(C=Nc4cccc(C)c4C)=C/[N-]c4cccc(C)c4C)cc(C(C)(C)C)cc2C3(C)C)c1C.Cc1ccccc1.Cc1ccccc1.Cc1ccccc1.Cc1ccccc1.Cc1ccccc1.Cc1ccccc1.[Cu+].[Cu+].c1ccc([PH+](c2ccccc2)c2ccccc2)cc1.c1ccc([PH+](c2ccccc2)c2ccccc2)cc1. The van der Waals surface area contributed by atoms with Crippen molar-refractivity contribution in [1.82, 2.24) is 0 Å². The molecular weight excluding hydrogens is 1930 g/mol. The fourth-order valence-corrected chi connectivity index (χ4v) is 21.3. The first-order chi connectivity index (χ1) is 70.3. The molecule has 0 aliphatic carbocycles. The van der Waals surface area contributed by atoms with E-state index in [9.17, 15) is 0 Å². The van der Waals surface area contributed by atoms with Crippen LogP contribution in [-0.2, 0) is 50.4 Å². The zero-order valence-corrected chi connectivity index (χ0v) is 94.4. The van der Waals surface area contributed by atoms with Crippen molar-refractivity contribution >= 4 is 94.0 Å². The van der Waals surface area contributed by atoms with Crippen LogP contribution in [0.5, 0.6) is 11.5 Å². The monoisotopic (exact) mass is 2080 g/mol. The number of aliphatic imine (C=N–C) groups is 2. The number of rotatable bonds is 16. The minimum atomic E-state index is -0.877. The molecule has 0 amide bonds. The van der Waals surface area contributed by atoms with Gasteiger partial charge in [0, 0.05) is 40.1 Å². The van der Waals surface area contributed by atoms with Crippen LogP contribution < -0.4 is 36.6 Å². The van der Waals surface area contributed by atoms with Gasteiger partial charge in [-0.1, -0.05) is 464 Å². The van der Waals surface area contributed by atoms with Gasteiger partial charge >= 0.3 is 34.1 Å². The summed E-state index contributed by atoms with van der Waals surface area (Å²) in [4.78, 5) is 10.4. The molecule has 9 heteroatoms. The van der Waals surface area contributed by atoms with Crippen LogP contribution in [-0.4, -0.2) is 12.4 Å². The van der Waals surface area contributed by atoms with Crippen LogP contribution in [0.4, 0.5) is 22.7 Å². The zero-order chi connectivity index (χ0) is 104. The molecule has 0 aromatic heterocycles. The molecule has 18 aromatic carbocycles. The number of aryl methyl sites for hydroxylation is 10. The van der Waals surface area contributed by atoms with Crippen LogP contribution >= 0.6 is 15.8 Å². The fourth-order valence-electron chi connectivity index (χ4n) is 16.2. The van der Waals surface area contributed by atoms with Crippen LogP contribution in [0.3, 0.4) is 0 Å². The van der Waals surface area contributed by atoms with Gasteiger partial charge in [-0.25, -0.2) is 0 Å². The van der Waals surface area contributed by atoms with Crippen LogP contribution in [0, 0.1) is 96.9 Å². The van der Waals surface area contributed by atoms with Crippen molar-refractivity contribution in [2.45, 2.75) is 169 Å². The molecule has 1 aliphatic heterocycles. The summed E-state index contributed by atoms with van der Waals surface area (Å²) in [6, 6.07) is 161. The molecule has 0 saturated carbocycles. The summed E-state index contributed by atoms with van der Waals surface area (Å²) >= 11 is 0. The van der Waals surface area contributed by atoms with E-state index in [2.05, 4.69) is 504 Å². The van der Waals surface area contributed by atoms with Gasteiger partial charge in [0.05, 0.1) is 27.2 Å². The molecular formula is C139H148Cu2N4OP2+2. The molecule has 1 heterocycles. The van der Waals surface area contributed by atoms with E-state index < -0.39 is 21.3 Å². The van der Waals surface area contributed by atoms with E-state index in [0.29, 0.717) is 0 Å². The Morgan fingerprint density at radius 2 is 0.453 bits per heavy atom. The molecule has 0 fully saturated rings. The first kappa shape index (κ1) is 118. The molecule has 0 unspecified atom stereocenters. The van der Waals surface area contributed by atoms with E-state index in [1.165, 1.54) is 98.6 Å². The fraction of sp³-hybridized carbons (Fsp3) is 0.180. The van der Waals surface area contributed by atoms with Gasteiger partial charge in [0.2, 0.25) is 0 Å². The van der Waals surface area contributed by atoms with E-state index in [0.717, 1.165) is 89.9 Å². The van der Waals surface area contributed by atoms with Crippen molar-refractivity contribution in [3.63, 3.8) is 0 Å². The van der Waals surface area contributed by atoms with E-state index in [4.69, 9.17) is 25.4 Å². The van der Waals surface area contributed by atoms with Crippen LogP contribution in [0.1, 0.15) is 167 Å². The van der Waals surface area contributed by atoms with Gasteiger partial charge in [-0.05, 0) is 260 Å². The van der Waals surface area contributed by atoms with Gasteiger partial charge in [-0.3, -0.25) is 9.98 Å². The maximum Gasteiger partial charge on any atom is 1.00 e. The van der Waals surface area contributed by atoms with Crippen molar-refractivity contribution in [1.29, 1.82) is 0 Å². The van der Waals surface area contributed by atoms with E-state index in [-0.39, 0.29) is 45.0 Å². The predicted octanol–water partition coefficient (Wildman–Crippen LogP) is 36.4. The van der Waals surface area contributed by atoms with Crippen molar-refractivity contribution in [3.8, 4) is 11.5 Å². The molecule has 18 aromatic rings. The second-order valence-corrected chi connectivity index (χ2v) is 44.7. The number of fused-ring (bicyclic) bond motifs is 2. The van der Waals surface area contributed by atoms with Gasteiger partial charge < -0.3 is 15.4 Å². The average Bonchev–Trinajstić information content (AvgIpc) is 0.714. The molecule has 1 aliphatic rings. The second-order valence-electron chi connectivity index (χ2n) is 39.7. The van der Waals surface area contributed by atoms with Gasteiger partial charge in [0.1, 0.15) is 43.3 Å². The Balaban J connectivity index is 0.000000234. The Hall–Kier alpha value is -13.9. The third-order valence-electron chi connectivity index (χ3n) is 25.8. The third kappa shape index (κ3) is 36.3. The molecule has 19 rings (SSSR count). The number of nitrogens with zero attached hydrogens (tertiary/aromatic N) is 4. The Labute approximate surface area is 911 Å². The first-order valence-electron chi connectivity index (χ1n) is 50.7. The van der Waals surface area contributed by atoms with E-state index in [1.807, 2.05) is 134 Å². The number of allylic oxidation sites excluding steroid dienone is 2. The first-order valence-corrected chi connectivity index (χ1v) is 53.7. The minimum absolute atomic E-state index is 0. The normalized spacial score (nSPS) is 11.5. The van der Waals surface area contributed by atoms with Crippen molar-refractivity contribution in [2.24, 2.45) is 9.98 Å². The largest absolute Gasteiger partial charge is 1.00 e. The smallest absolute Gasteiger partial charge is 0.663 e. The topological polar surface area (TPSA) is 62.1 Å². The number of hydrogen-bond acceptors (Lipinski definition) is 3. The number of benzene rings is 18. The maximum absolute atomic E-state index is 7.56. The summed E-state index contributed by atoms with van der Waals surface area (Å²) < 4.78 is 7.56. The van der Waals surface area contributed by atoms with Crippen LogP contribution in [0.25, 0.3) is 21.8 Å². The molecule has 0 spiro atoms. The number of ether oxygens (including phenoxy) is 1. The summed E-state index contributed by atoms with van der Waals surface area (Å²) in [5.74, 6) is 1.58. The van der Waals surface area contributed by atoms with Gasteiger partial charge in [-0.2, -0.15) is 12.4 Å². The standard InChI is InChI=1S/C61H68N4O.2C18H15P.6C7H8.2Cu/c1-37-21-17-25-53(41(37)5)62-33-45(34-63-54-26-18-22-38(2)42(54)6)49-29-47(59(9,10)11)31-51-57(49)66-58-50(30-48(60(12,13)14)32-52(58)61(51,15)16)46(35-64-55-27-19-23-39(3)43(55)7)36-65-56-28-20-24-40(4)44(56)8;2*1-4-10-16(11-5-1)19(17-12-6-2-7-13-17)18-14-8-3-9-15-18;6*1-7-5-3-2-4-6-7;;/h17-36H,1-16H3;2*1-15H;6*2-6H,1H3;;/q-2;;;;;;;;;2*+1/p+2/b45-33+,46-35+,63-34?,65-36?;;;;;;;;;;. The molecule has 0 bridgehead atoms. The second kappa shape index (κ2) is 59.8. The quantitative estimate of drug-likeness (QED) is 0.0540. The van der Waals surface area contributed by atoms with Gasteiger partial charge in [-0.15, -0.1) is 11.4 Å². The van der Waals surface area contributed by atoms with Crippen molar-refractivity contribution < 1.29 is 38.9 Å². The predicted molar refractivity (Wildman–Crippen MR) is 645 cm³/mol. The summed E-state index contributed by atoms with van der Waals surface area (Å²) in [7, 11) is -1.75. The zero-order valence-electron chi connectivity index (χ0n) is 90.5. The molecule has 148 heavy (non-hydrogen) atoms. The summed E-state index contributed by atoms with van der Waals surface area (Å²) in [5.41, 5.74) is 28.3. The Morgan fingerprint density at radius 3 is 0.655 bits per heavy atom.